The molecule has 0 radical (unpaired) electrons. The number of benzene rings is 2. The number of morpholine rings is 1. The molecule has 2 aromatic heterocycles. The van der Waals surface area contributed by atoms with Crippen molar-refractivity contribution in [3.8, 4) is 5.75 Å². The molecule has 5 heterocycles. The quantitative estimate of drug-likeness (QED) is 0.269. The summed E-state index contributed by atoms with van der Waals surface area (Å²) in [5.41, 5.74) is 1.58. The average Bonchev–Trinajstić information content (AvgIpc) is 3.38. The Hall–Kier alpha value is -4.91. The highest BCUT2D eigenvalue weighted by molar-refractivity contribution is 5.97. The molecule has 0 saturated carbocycles. The fourth-order valence-electron chi connectivity index (χ4n) is 6.11. The van der Waals surface area contributed by atoms with Gasteiger partial charge < -0.3 is 28.4 Å². The highest BCUT2D eigenvalue weighted by Crippen LogP contribution is 2.43. The zero-order valence-electron chi connectivity index (χ0n) is 22.3. The molecule has 3 aliphatic heterocycles. The van der Waals surface area contributed by atoms with Crippen molar-refractivity contribution in [2.24, 2.45) is 0 Å². The maximum absolute atomic E-state index is 15.5. The molecule has 13 heteroatoms. The smallest absolute Gasteiger partial charge is 0.451 e. The summed E-state index contributed by atoms with van der Waals surface area (Å²) >= 11 is 0. The normalized spacial score (nSPS) is 19.1. The van der Waals surface area contributed by atoms with Crippen LogP contribution < -0.4 is 15.2 Å². The van der Waals surface area contributed by atoms with Crippen LogP contribution >= 0.6 is 0 Å². The average molecular weight is 579 g/mol. The van der Waals surface area contributed by atoms with Crippen LogP contribution in [0.1, 0.15) is 33.4 Å². The minimum atomic E-state index is -1.03. The predicted molar refractivity (Wildman–Crippen MR) is 143 cm³/mol. The molecule has 1 amide bonds. The molecule has 7 rings (SSSR count). The van der Waals surface area contributed by atoms with Gasteiger partial charge in [-0.25, -0.2) is 13.6 Å². The van der Waals surface area contributed by atoms with Crippen molar-refractivity contribution in [3.63, 3.8) is 0 Å². The van der Waals surface area contributed by atoms with Gasteiger partial charge in [0.05, 0.1) is 26.9 Å². The highest BCUT2D eigenvalue weighted by Gasteiger charge is 2.47. The van der Waals surface area contributed by atoms with Crippen LogP contribution in [-0.4, -0.2) is 66.0 Å². The fourth-order valence-corrected chi connectivity index (χ4v) is 6.11. The Morgan fingerprint density at radius 2 is 1.95 bits per heavy atom. The van der Waals surface area contributed by atoms with Crippen LogP contribution in [0, 0.1) is 11.6 Å². The van der Waals surface area contributed by atoms with Crippen molar-refractivity contribution >= 4 is 23.0 Å². The van der Waals surface area contributed by atoms with Crippen LogP contribution in [-0.2, 0) is 20.8 Å². The van der Waals surface area contributed by atoms with Crippen molar-refractivity contribution in [2.45, 2.75) is 18.8 Å². The van der Waals surface area contributed by atoms with E-state index in [2.05, 4.69) is 4.74 Å². The Balaban J connectivity index is 1.46. The largest absolute Gasteiger partial charge is 0.510 e. The lowest BCUT2D eigenvalue weighted by Crippen LogP contribution is -2.66. The maximum atomic E-state index is 15.5. The third-order valence-electron chi connectivity index (χ3n) is 7.93. The summed E-state index contributed by atoms with van der Waals surface area (Å²) in [6, 6.07) is 12.7. The molecule has 4 aromatic rings. The number of hydrogen-bond donors (Lipinski definition) is 0. The first-order chi connectivity index (χ1) is 20.4. The molecular weight excluding hydrogens is 554 g/mol. The summed E-state index contributed by atoms with van der Waals surface area (Å²) in [5.74, 6) is -2.74. The number of carbonyl (C=O) groups excluding carboxylic acids is 2. The molecular formula is C29H24F2N4O7. The summed E-state index contributed by atoms with van der Waals surface area (Å²) < 4.78 is 54.1. The predicted octanol–water partition coefficient (Wildman–Crippen LogP) is 3.10. The SMILES string of the molecule is COC(=O)OCOc1c2n(ccc1=O)N(C1c3ccc(F)c(F)c3Cn3c1cc1ccccc13)C1COCCN1C2=O. The van der Waals surface area contributed by atoms with Crippen molar-refractivity contribution < 1.29 is 37.3 Å². The van der Waals surface area contributed by atoms with Crippen molar-refractivity contribution in [1.82, 2.24) is 14.1 Å². The van der Waals surface area contributed by atoms with Gasteiger partial charge in [0.25, 0.3) is 5.91 Å². The number of fused-ring (bicyclic) bond motifs is 6. The summed E-state index contributed by atoms with van der Waals surface area (Å²) in [6.07, 6.45) is -0.255. The van der Waals surface area contributed by atoms with Crippen LogP contribution in [0.25, 0.3) is 10.9 Å². The van der Waals surface area contributed by atoms with Crippen LogP contribution in [0.2, 0.25) is 0 Å². The fraction of sp³-hybridized carbons (Fsp3) is 0.276. The Labute approximate surface area is 236 Å². The summed E-state index contributed by atoms with van der Waals surface area (Å²) in [4.78, 5) is 39.9. The molecule has 42 heavy (non-hydrogen) atoms. The third-order valence-corrected chi connectivity index (χ3v) is 7.93. The number of para-hydroxylation sites is 1. The van der Waals surface area contributed by atoms with Crippen molar-refractivity contribution in [1.29, 1.82) is 0 Å². The second-order valence-electron chi connectivity index (χ2n) is 10.0. The van der Waals surface area contributed by atoms with E-state index in [-0.39, 0.29) is 43.3 Å². The van der Waals surface area contributed by atoms with E-state index < -0.39 is 48.1 Å². The van der Waals surface area contributed by atoms with E-state index in [1.165, 1.54) is 16.9 Å². The van der Waals surface area contributed by atoms with Crippen molar-refractivity contribution in [2.75, 3.05) is 38.7 Å². The second kappa shape index (κ2) is 9.87. The molecule has 3 aliphatic rings. The Morgan fingerprint density at radius 3 is 2.79 bits per heavy atom. The first kappa shape index (κ1) is 26.0. The van der Waals surface area contributed by atoms with Crippen molar-refractivity contribution in [3.05, 3.63) is 99.1 Å². The van der Waals surface area contributed by atoms with Gasteiger partial charge in [-0.05, 0) is 29.1 Å². The molecule has 2 unspecified atom stereocenters. The van der Waals surface area contributed by atoms with Gasteiger partial charge in [-0.3, -0.25) is 19.3 Å². The molecule has 2 atom stereocenters. The van der Waals surface area contributed by atoms with Gasteiger partial charge in [0.15, 0.2) is 17.3 Å². The van der Waals surface area contributed by atoms with Crippen LogP contribution in [0.4, 0.5) is 13.6 Å². The van der Waals surface area contributed by atoms with E-state index in [9.17, 15) is 18.8 Å². The number of amides is 1. The molecule has 0 N–H and O–H groups in total. The van der Waals surface area contributed by atoms with Gasteiger partial charge in [-0.1, -0.05) is 24.3 Å². The molecule has 2 aromatic carbocycles. The maximum Gasteiger partial charge on any atom is 0.510 e. The van der Waals surface area contributed by atoms with E-state index in [0.29, 0.717) is 5.56 Å². The van der Waals surface area contributed by atoms with Gasteiger partial charge in [-0.15, -0.1) is 0 Å². The van der Waals surface area contributed by atoms with Gasteiger partial charge in [0.2, 0.25) is 18.0 Å². The zero-order valence-corrected chi connectivity index (χ0v) is 22.3. The number of carbonyl (C=O) groups is 2. The Morgan fingerprint density at radius 1 is 1.12 bits per heavy atom. The zero-order chi connectivity index (χ0) is 29.1. The number of methoxy groups -OCH3 is 1. The lowest BCUT2D eigenvalue weighted by molar-refractivity contribution is -0.0211. The molecule has 0 aliphatic carbocycles. The number of rotatable bonds is 4. The standard InChI is InChI=1S/C29H24F2N4O7/c1-39-29(38)42-15-41-27-22(36)8-9-34-26(27)28(37)32-10-11-40-14-23(32)35(34)25-17-6-7-19(30)24(31)18(17)13-33-20-5-3-2-4-16(20)12-21(25)33/h2-9,12,23,25H,10-11,13-15H2,1H3. The number of hydrogen-bond acceptors (Lipinski definition) is 8. The van der Waals surface area contributed by atoms with E-state index in [0.717, 1.165) is 29.8 Å². The van der Waals surface area contributed by atoms with Gasteiger partial charge in [-0.2, -0.15) is 0 Å². The summed E-state index contributed by atoms with van der Waals surface area (Å²) in [7, 11) is 1.12. The van der Waals surface area contributed by atoms with Gasteiger partial charge in [0.1, 0.15) is 12.2 Å². The Bertz CT molecular complexity index is 1820. The molecule has 0 spiro atoms. The van der Waals surface area contributed by atoms with Gasteiger partial charge >= 0.3 is 6.16 Å². The van der Waals surface area contributed by atoms with Gasteiger partial charge in [0, 0.05) is 35.6 Å². The van der Waals surface area contributed by atoms with E-state index >= 15 is 4.39 Å². The lowest BCUT2D eigenvalue weighted by Gasteiger charge is -2.52. The van der Waals surface area contributed by atoms with E-state index in [4.69, 9.17) is 14.2 Å². The minimum Gasteiger partial charge on any atom is -0.451 e. The molecule has 1 fully saturated rings. The first-order valence-corrected chi connectivity index (χ1v) is 13.2. The van der Waals surface area contributed by atoms with E-state index in [1.807, 2.05) is 39.9 Å². The second-order valence-corrected chi connectivity index (χ2v) is 10.0. The Kier molecular flexibility index (Phi) is 6.12. The summed E-state index contributed by atoms with van der Waals surface area (Å²) in [6.45, 7) is 0.0161. The minimum absolute atomic E-state index is 0.103. The van der Waals surface area contributed by atoms with Crippen LogP contribution in [0.15, 0.2) is 59.5 Å². The third kappa shape index (κ3) is 3.84. The highest BCUT2D eigenvalue weighted by atomic mass is 19.2. The van der Waals surface area contributed by atoms with Crippen LogP contribution in [0.5, 0.6) is 5.75 Å². The monoisotopic (exact) mass is 578 g/mol. The number of halogens is 2. The number of ether oxygens (including phenoxy) is 4. The number of pyridine rings is 1. The number of nitrogens with zero attached hydrogens (tertiary/aromatic N) is 4. The molecule has 216 valence electrons. The topological polar surface area (TPSA) is 104 Å². The molecule has 1 saturated heterocycles. The summed E-state index contributed by atoms with van der Waals surface area (Å²) in [5, 5.41) is 2.73. The number of aromatic nitrogens is 2. The first-order valence-electron chi connectivity index (χ1n) is 13.2. The van der Waals surface area contributed by atoms with Crippen LogP contribution in [0.3, 0.4) is 0 Å². The molecule has 0 bridgehead atoms. The molecule has 11 nitrogen and oxygen atoms in total. The van der Waals surface area contributed by atoms with E-state index in [1.54, 1.807) is 11.0 Å². The lowest BCUT2D eigenvalue weighted by atomic mass is 9.92.